The number of methoxy groups -OCH3 is 2. The molecule has 6 rings (SSSR count). The van der Waals surface area contributed by atoms with E-state index in [-0.39, 0.29) is 29.9 Å². The van der Waals surface area contributed by atoms with Crippen LogP contribution in [0.5, 0.6) is 0 Å². The van der Waals surface area contributed by atoms with Gasteiger partial charge in [-0.1, -0.05) is 24.0 Å². The van der Waals surface area contributed by atoms with Crippen LogP contribution in [0.15, 0.2) is 48.7 Å². The van der Waals surface area contributed by atoms with Crippen molar-refractivity contribution in [1.82, 2.24) is 40.4 Å². The second kappa shape index (κ2) is 14.9. The molecule has 0 saturated carbocycles. The Balaban J connectivity index is 1.11. The highest BCUT2D eigenvalue weighted by Crippen LogP contribution is 2.33. The lowest BCUT2D eigenvalue weighted by molar-refractivity contribution is -0.135. The van der Waals surface area contributed by atoms with Crippen LogP contribution in [0.2, 0.25) is 0 Å². The van der Waals surface area contributed by atoms with E-state index in [9.17, 15) is 14.4 Å². The van der Waals surface area contributed by atoms with Crippen molar-refractivity contribution in [1.29, 1.82) is 0 Å². The quantitative estimate of drug-likeness (QED) is 0.154. The van der Waals surface area contributed by atoms with Gasteiger partial charge in [0.05, 0.1) is 54.9 Å². The van der Waals surface area contributed by atoms with Crippen LogP contribution in [-0.2, 0) is 19.1 Å². The average molecular weight is 667 g/mol. The summed E-state index contributed by atoms with van der Waals surface area (Å²) in [5.41, 5.74) is 5.24. The Bertz CT molecular complexity index is 1870. The minimum atomic E-state index is -0.701. The molecular weight excluding hydrogens is 624 g/mol. The molecule has 2 saturated heterocycles. The fraction of sp³-hybridized carbons (Fsp3) is 0.417. The minimum Gasteiger partial charge on any atom is -0.453 e. The number of aromatic amines is 2. The number of fused-ring (bicyclic) bond motifs is 1. The highest BCUT2D eigenvalue weighted by atomic mass is 16.5. The number of rotatable bonds is 9. The number of hydrogen-bond donors (Lipinski definition) is 4. The first-order valence-corrected chi connectivity index (χ1v) is 16.6. The Morgan fingerprint density at radius 1 is 0.898 bits per heavy atom. The predicted molar refractivity (Wildman–Crippen MR) is 183 cm³/mol. The third-order valence-corrected chi connectivity index (χ3v) is 9.14. The number of likely N-dealkylation sites (tertiary alicyclic amines) is 2. The van der Waals surface area contributed by atoms with Crippen LogP contribution in [-0.4, -0.2) is 93.8 Å². The van der Waals surface area contributed by atoms with Gasteiger partial charge in [0.15, 0.2) is 0 Å². The number of hydrogen-bond acceptors (Lipinski definition) is 8. The number of carbonyl (C=O) groups excluding carboxylic acids is 3. The normalized spacial score (nSPS) is 18.6. The highest BCUT2D eigenvalue weighted by Gasteiger charge is 2.35. The van der Waals surface area contributed by atoms with E-state index in [1.807, 2.05) is 54.3 Å². The lowest BCUT2D eigenvalue weighted by Gasteiger charge is -2.26. The molecule has 0 spiro atoms. The Hall–Kier alpha value is -5.19. The molecule has 0 aliphatic carbocycles. The molecular formula is C36H42N8O5. The lowest BCUT2D eigenvalue weighted by atomic mass is 10.1. The van der Waals surface area contributed by atoms with E-state index in [1.54, 1.807) is 25.1 Å². The Morgan fingerprint density at radius 3 is 2.24 bits per heavy atom. The molecule has 2 aromatic heterocycles. The number of H-pyrrole nitrogens is 2. The maximum atomic E-state index is 13.1. The number of imidazole rings is 2. The van der Waals surface area contributed by atoms with Crippen LogP contribution in [0.3, 0.4) is 0 Å². The summed E-state index contributed by atoms with van der Waals surface area (Å²) in [4.78, 5) is 57.6. The fourth-order valence-electron chi connectivity index (χ4n) is 6.52. The van der Waals surface area contributed by atoms with Crippen molar-refractivity contribution >= 4 is 28.9 Å². The van der Waals surface area contributed by atoms with E-state index in [2.05, 4.69) is 42.2 Å². The lowest BCUT2D eigenvalue weighted by Crippen LogP contribution is -2.46. The zero-order valence-corrected chi connectivity index (χ0v) is 28.2. The van der Waals surface area contributed by atoms with Crippen LogP contribution < -0.4 is 10.6 Å². The maximum Gasteiger partial charge on any atom is 0.407 e. The molecule has 0 radical (unpaired) electrons. The smallest absolute Gasteiger partial charge is 0.407 e. The van der Waals surface area contributed by atoms with Gasteiger partial charge in [-0.3, -0.25) is 14.9 Å². The summed E-state index contributed by atoms with van der Waals surface area (Å²) in [6.07, 6.45) is 4.57. The average Bonchev–Trinajstić information content (AvgIpc) is 3.94. The number of nitrogens with zero attached hydrogens (tertiary/aromatic N) is 4. The first kappa shape index (κ1) is 33.7. The van der Waals surface area contributed by atoms with E-state index in [4.69, 9.17) is 9.72 Å². The number of ether oxygens (including phenoxy) is 2. The molecule has 3 amide bonds. The predicted octanol–water partition coefficient (Wildman–Crippen LogP) is 4.01. The van der Waals surface area contributed by atoms with E-state index < -0.39 is 12.1 Å². The third-order valence-electron chi connectivity index (χ3n) is 9.14. The third kappa shape index (κ3) is 7.45. The van der Waals surface area contributed by atoms with E-state index in [0.29, 0.717) is 25.6 Å². The second-order valence-corrected chi connectivity index (χ2v) is 12.5. The summed E-state index contributed by atoms with van der Waals surface area (Å²) in [5, 5.41) is 5.64. The fourth-order valence-corrected chi connectivity index (χ4v) is 6.52. The van der Waals surface area contributed by atoms with E-state index >= 15 is 0 Å². The summed E-state index contributed by atoms with van der Waals surface area (Å²) < 4.78 is 9.70. The first-order chi connectivity index (χ1) is 23.7. The van der Waals surface area contributed by atoms with Gasteiger partial charge in [0.2, 0.25) is 11.8 Å². The monoisotopic (exact) mass is 666 g/mol. The molecule has 49 heavy (non-hydrogen) atoms. The second-order valence-electron chi connectivity index (χ2n) is 12.5. The van der Waals surface area contributed by atoms with Crippen LogP contribution in [0.4, 0.5) is 4.79 Å². The molecule has 2 fully saturated rings. The van der Waals surface area contributed by atoms with Crippen LogP contribution >= 0.6 is 0 Å². The molecule has 4 heterocycles. The largest absolute Gasteiger partial charge is 0.453 e. The number of nitrogens with one attached hydrogen (secondary N) is 4. The molecule has 4 aromatic rings. The molecule has 4 unspecified atom stereocenters. The van der Waals surface area contributed by atoms with Crippen molar-refractivity contribution < 1.29 is 23.9 Å². The van der Waals surface area contributed by atoms with Gasteiger partial charge in [-0.25, -0.2) is 14.8 Å². The molecule has 4 atom stereocenters. The number of benzene rings is 2. The molecule has 2 aromatic carbocycles. The zero-order valence-electron chi connectivity index (χ0n) is 28.2. The summed E-state index contributed by atoms with van der Waals surface area (Å²) in [6.45, 7) is 5.13. The molecule has 0 bridgehead atoms. The van der Waals surface area contributed by atoms with Gasteiger partial charge in [0, 0.05) is 31.3 Å². The number of aromatic nitrogens is 4. The number of alkyl carbamates (subject to hydrolysis) is 1. The summed E-state index contributed by atoms with van der Waals surface area (Å²) in [5.74, 6) is 7.89. The van der Waals surface area contributed by atoms with E-state index in [1.165, 1.54) is 7.11 Å². The summed E-state index contributed by atoms with van der Waals surface area (Å²) >= 11 is 0. The molecule has 13 nitrogen and oxygen atoms in total. The van der Waals surface area contributed by atoms with Gasteiger partial charge in [0.1, 0.15) is 17.7 Å². The molecule has 2 aliphatic heterocycles. The van der Waals surface area contributed by atoms with Crippen LogP contribution in [0.25, 0.3) is 22.3 Å². The van der Waals surface area contributed by atoms with Crippen molar-refractivity contribution in [3.8, 4) is 23.1 Å². The Labute approximate surface area is 285 Å². The van der Waals surface area contributed by atoms with Crippen LogP contribution in [0.1, 0.15) is 74.4 Å². The summed E-state index contributed by atoms with van der Waals surface area (Å²) in [6, 6.07) is 12.5. The van der Waals surface area contributed by atoms with Crippen molar-refractivity contribution in [3.63, 3.8) is 0 Å². The Morgan fingerprint density at radius 2 is 1.55 bits per heavy atom. The van der Waals surface area contributed by atoms with Crippen molar-refractivity contribution in [3.05, 3.63) is 71.4 Å². The highest BCUT2D eigenvalue weighted by molar-refractivity contribution is 5.86. The molecule has 13 heteroatoms. The SMILES string of the molecule is COCNC(C)C(=O)N1CCCC1c1nc2ccc(C#Cc3ccc(-c4cnc(C5CCCN5C(=O)C(C)NC(=O)OC)[nH]4)cc3)cc2[nH]1. The number of amides is 3. The van der Waals surface area contributed by atoms with Crippen molar-refractivity contribution in [2.24, 2.45) is 0 Å². The maximum absolute atomic E-state index is 13.1. The van der Waals surface area contributed by atoms with Gasteiger partial charge in [-0.15, -0.1) is 0 Å². The zero-order chi connectivity index (χ0) is 34.5. The molecule has 4 N–H and O–H groups in total. The standard InChI is InChI=1S/C36H42N8O5/c1-22(38-21-48-3)34(45)44-18-6-8-31(44)33-40-27-16-13-25(19-28(27)41-33)10-9-24-11-14-26(15-12-24)29-20-37-32(42-29)30-7-5-17-43(30)35(46)23(2)39-36(47)49-4/h11-16,19-20,22-23,30-31,38H,5-8,17-18,21H2,1-4H3,(H,37,42)(H,39,47)(H,40,41). The Kier molecular flexibility index (Phi) is 10.3. The van der Waals surface area contributed by atoms with Crippen LogP contribution in [0, 0.1) is 11.8 Å². The van der Waals surface area contributed by atoms with Crippen molar-refractivity contribution in [2.45, 2.75) is 63.7 Å². The van der Waals surface area contributed by atoms with Gasteiger partial charge in [-0.05, 0) is 75.4 Å². The summed E-state index contributed by atoms with van der Waals surface area (Å²) in [7, 11) is 2.87. The molecule has 256 valence electrons. The van der Waals surface area contributed by atoms with Gasteiger partial charge in [0.25, 0.3) is 0 Å². The van der Waals surface area contributed by atoms with E-state index in [0.717, 1.165) is 64.9 Å². The van der Waals surface area contributed by atoms with Gasteiger partial charge < -0.3 is 34.6 Å². The first-order valence-electron chi connectivity index (χ1n) is 16.6. The topological polar surface area (TPSA) is 158 Å². The number of carbonyl (C=O) groups is 3. The van der Waals surface area contributed by atoms with Gasteiger partial charge >= 0.3 is 6.09 Å². The minimum absolute atomic E-state index is 0.0407. The van der Waals surface area contributed by atoms with Crippen molar-refractivity contribution in [2.75, 3.05) is 34.0 Å². The molecule has 2 aliphatic rings. The van der Waals surface area contributed by atoms with Gasteiger partial charge in [-0.2, -0.15) is 0 Å².